The molecule has 0 saturated carbocycles. The Morgan fingerprint density at radius 2 is 1.20 bits per heavy atom. The molecule has 1 heterocycles. The van der Waals surface area contributed by atoms with Crippen molar-refractivity contribution >= 4 is 39.6 Å². The van der Waals surface area contributed by atoms with Crippen molar-refractivity contribution in [2.75, 3.05) is 26.4 Å². The predicted octanol–water partition coefficient (Wildman–Crippen LogP) is 6.81. The SMILES string of the molecule is C=CC(=O)OCCCCOC(=O)c1cc2ccc(-c3ccc4cc(OCCCCOC(=O)C=C)ccc4c3)cc2o1. The van der Waals surface area contributed by atoms with Gasteiger partial charge in [0.15, 0.2) is 0 Å². The highest BCUT2D eigenvalue weighted by molar-refractivity contribution is 5.95. The molecule has 3 aromatic carbocycles. The summed E-state index contributed by atoms with van der Waals surface area (Å²) >= 11 is 0. The van der Waals surface area contributed by atoms with Crippen molar-refractivity contribution in [2.45, 2.75) is 25.7 Å². The van der Waals surface area contributed by atoms with Crippen LogP contribution in [0.4, 0.5) is 0 Å². The Labute approximate surface area is 238 Å². The number of esters is 3. The van der Waals surface area contributed by atoms with Gasteiger partial charge in [-0.3, -0.25) is 0 Å². The van der Waals surface area contributed by atoms with Crippen molar-refractivity contribution in [3.05, 3.63) is 91.7 Å². The number of unbranched alkanes of at least 4 members (excludes halogenated alkanes) is 2. The first-order valence-corrected chi connectivity index (χ1v) is 13.4. The third-order valence-electron chi connectivity index (χ3n) is 6.27. The van der Waals surface area contributed by atoms with Crippen LogP contribution < -0.4 is 4.74 Å². The number of ether oxygens (including phenoxy) is 4. The van der Waals surface area contributed by atoms with Crippen LogP contribution in [0.25, 0.3) is 32.9 Å². The molecular formula is C33H32O8. The zero-order valence-corrected chi connectivity index (χ0v) is 22.8. The van der Waals surface area contributed by atoms with E-state index in [1.807, 2.05) is 48.5 Å². The highest BCUT2D eigenvalue weighted by Gasteiger charge is 2.14. The first-order chi connectivity index (χ1) is 20.0. The molecule has 0 N–H and O–H groups in total. The Balaban J connectivity index is 1.31. The number of rotatable bonds is 15. The highest BCUT2D eigenvalue weighted by atomic mass is 16.5. The summed E-state index contributed by atoms with van der Waals surface area (Å²) in [6.45, 7) is 8.03. The summed E-state index contributed by atoms with van der Waals surface area (Å²) in [4.78, 5) is 34.5. The van der Waals surface area contributed by atoms with Gasteiger partial charge in [0.1, 0.15) is 11.3 Å². The van der Waals surface area contributed by atoms with Crippen molar-refractivity contribution in [1.82, 2.24) is 0 Å². The van der Waals surface area contributed by atoms with E-state index in [9.17, 15) is 14.4 Å². The molecule has 0 amide bonds. The topological polar surface area (TPSA) is 101 Å². The van der Waals surface area contributed by atoms with Gasteiger partial charge in [-0.05, 0) is 77.9 Å². The molecule has 4 aromatic rings. The van der Waals surface area contributed by atoms with E-state index in [1.54, 1.807) is 6.07 Å². The molecule has 0 aliphatic carbocycles. The van der Waals surface area contributed by atoms with Crippen LogP contribution in [-0.2, 0) is 23.8 Å². The van der Waals surface area contributed by atoms with E-state index < -0.39 is 17.9 Å². The van der Waals surface area contributed by atoms with Gasteiger partial charge in [-0.2, -0.15) is 0 Å². The average Bonchev–Trinajstić information content (AvgIpc) is 3.43. The van der Waals surface area contributed by atoms with E-state index in [-0.39, 0.29) is 19.0 Å². The first kappa shape index (κ1) is 29.1. The Kier molecular flexibility index (Phi) is 10.3. The van der Waals surface area contributed by atoms with E-state index in [0.29, 0.717) is 31.6 Å². The number of carbonyl (C=O) groups is 3. The molecule has 4 rings (SSSR count). The van der Waals surface area contributed by atoms with Crippen LogP contribution >= 0.6 is 0 Å². The van der Waals surface area contributed by atoms with Gasteiger partial charge in [-0.1, -0.05) is 43.5 Å². The molecule has 1 aromatic heterocycles. The highest BCUT2D eigenvalue weighted by Crippen LogP contribution is 2.30. The number of benzene rings is 3. The summed E-state index contributed by atoms with van der Waals surface area (Å²) in [6, 6.07) is 19.6. The molecule has 0 unspecified atom stereocenters. The van der Waals surface area contributed by atoms with Crippen LogP contribution in [-0.4, -0.2) is 44.3 Å². The number of fused-ring (bicyclic) bond motifs is 2. The third-order valence-corrected chi connectivity index (χ3v) is 6.27. The van der Waals surface area contributed by atoms with Crippen molar-refractivity contribution in [1.29, 1.82) is 0 Å². The van der Waals surface area contributed by atoms with E-state index in [0.717, 1.165) is 58.0 Å². The van der Waals surface area contributed by atoms with E-state index in [1.165, 1.54) is 0 Å². The van der Waals surface area contributed by atoms with Crippen LogP contribution in [0.15, 0.2) is 90.4 Å². The minimum absolute atomic E-state index is 0.138. The van der Waals surface area contributed by atoms with Crippen LogP contribution in [0.5, 0.6) is 5.75 Å². The third kappa shape index (κ3) is 8.32. The monoisotopic (exact) mass is 556 g/mol. The van der Waals surface area contributed by atoms with Gasteiger partial charge >= 0.3 is 17.9 Å². The lowest BCUT2D eigenvalue weighted by molar-refractivity contribution is -0.138. The lowest BCUT2D eigenvalue weighted by Crippen LogP contribution is -2.07. The maximum Gasteiger partial charge on any atom is 0.374 e. The summed E-state index contributed by atoms with van der Waals surface area (Å²) in [5.74, 6) is -0.504. The molecule has 8 heteroatoms. The number of furan rings is 1. The van der Waals surface area contributed by atoms with Gasteiger partial charge in [0, 0.05) is 17.5 Å². The lowest BCUT2D eigenvalue weighted by Gasteiger charge is -2.09. The first-order valence-electron chi connectivity index (χ1n) is 13.4. The van der Waals surface area contributed by atoms with Crippen LogP contribution in [0.2, 0.25) is 0 Å². The summed E-state index contributed by atoms with van der Waals surface area (Å²) in [5.41, 5.74) is 2.56. The van der Waals surface area contributed by atoms with E-state index >= 15 is 0 Å². The maximum absolute atomic E-state index is 12.4. The van der Waals surface area contributed by atoms with Gasteiger partial charge in [0.2, 0.25) is 5.76 Å². The standard InChI is InChI=1S/C33H32O8/c1-3-31(34)38-16-6-5-15-37-28-14-13-24-19-23(9-10-25(24)20-28)26-11-12-27-22-30(41-29(27)21-26)33(36)40-18-8-7-17-39-32(35)4-2/h3-4,9-14,19-22H,1-2,5-8,15-18H2. The van der Waals surface area contributed by atoms with Gasteiger partial charge in [0.05, 0.1) is 26.4 Å². The molecule has 0 saturated heterocycles. The molecule has 0 aliphatic rings. The van der Waals surface area contributed by atoms with Gasteiger partial charge in [0.25, 0.3) is 0 Å². The van der Waals surface area contributed by atoms with E-state index in [4.69, 9.17) is 23.4 Å². The maximum atomic E-state index is 12.4. The lowest BCUT2D eigenvalue weighted by atomic mass is 10.0. The molecule has 0 spiro atoms. The van der Waals surface area contributed by atoms with E-state index in [2.05, 4.69) is 19.2 Å². The average molecular weight is 557 g/mol. The second-order valence-electron chi connectivity index (χ2n) is 9.23. The van der Waals surface area contributed by atoms with Crippen LogP contribution in [0.3, 0.4) is 0 Å². The molecule has 0 atom stereocenters. The number of hydrogen-bond acceptors (Lipinski definition) is 8. The second kappa shape index (κ2) is 14.5. The predicted molar refractivity (Wildman–Crippen MR) is 156 cm³/mol. The minimum Gasteiger partial charge on any atom is -0.494 e. The van der Waals surface area contributed by atoms with Crippen molar-refractivity contribution < 1.29 is 37.7 Å². The Hall–Kier alpha value is -4.85. The summed E-state index contributed by atoms with van der Waals surface area (Å²) in [6.07, 6.45) is 4.89. The molecule has 0 bridgehead atoms. The molecule has 0 radical (unpaired) electrons. The molecular weight excluding hydrogens is 524 g/mol. The zero-order chi connectivity index (χ0) is 29.0. The zero-order valence-electron chi connectivity index (χ0n) is 22.8. The Morgan fingerprint density at radius 1 is 0.634 bits per heavy atom. The van der Waals surface area contributed by atoms with Crippen molar-refractivity contribution in [2.24, 2.45) is 0 Å². The molecule has 8 nitrogen and oxygen atoms in total. The van der Waals surface area contributed by atoms with Crippen LogP contribution in [0.1, 0.15) is 36.2 Å². The Bertz CT molecular complexity index is 1550. The second-order valence-corrected chi connectivity index (χ2v) is 9.23. The molecule has 41 heavy (non-hydrogen) atoms. The number of hydrogen-bond donors (Lipinski definition) is 0. The molecule has 212 valence electrons. The Morgan fingerprint density at radius 3 is 1.88 bits per heavy atom. The fourth-order valence-corrected chi connectivity index (χ4v) is 4.10. The summed E-state index contributed by atoms with van der Waals surface area (Å²) < 4.78 is 26.8. The van der Waals surface area contributed by atoms with Gasteiger partial charge in [-0.15, -0.1) is 0 Å². The normalized spacial score (nSPS) is 10.7. The largest absolute Gasteiger partial charge is 0.494 e. The molecule has 0 aliphatic heterocycles. The number of carbonyl (C=O) groups excluding carboxylic acids is 3. The fourth-order valence-electron chi connectivity index (χ4n) is 4.10. The summed E-state index contributed by atoms with van der Waals surface area (Å²) in [7, 11) is 0. The van der Waals surface area contributed by atoms with Crippen molar-refractivity contribution in [3.8, 4) is 16.9 Å². The quantitative estimate of drug-likeness (QED) is 0.0681. The van der Waals surface area contributed by atoms with Crippen LogP contribution in [0, 0.1) is 0 Å². The fraction of sp³-hybridized carbons (Fsp3) is 0.242. The minimum atomic E-state index is -0.536. The smallest absolute Gasteiger partial charge is 0.374 e. The van der Waals surface area contributed by atoms with Gasteiger partial charge < -0.3 is 23.4 Å². The van der Waals surface area contributed by atoms with Gasteiger partial charge in [-0.25, -0.2) is 14.4 Å². The van der Waals surface area contributed by atoms with Crippen molar-refractivity contribution in [3.63, 3.8) is 0 Å². The molecule has 0 fully saturated rings. The summed E-state index contributed by atoms with van der Waals surface area (Å²) in [5, 5.41) is 2.92.